The zero-order valence-electron chi connectivity index (χ0n) is 9.69. The van der Waals surface area contributed by atoms with Gasteiger partial charge in [0.1, 0.15) is 0 Å². The number of hydrogen-bond donors (Lipinski definition) is 2. The third kappa shape index (κ3) is 3.07. The lowest BCUT2D eigenvalue weighted by Gasteiger charge is -2.06. The summed E-state index contributed by atoms with van der Waals surface area (Å²) in [4.78, 5) is 2.36. The molecule has 0 radical (unpaired) electrons. The monoisotopic (exact) mass is 276 g/mol. The maximum atomic E-state index is 11.2. The van der Waals surface area contributed by atoms with E-state index >= 15 is 0 Å². The molecule has 96 valence electrons. The van der Waals surface area contributed by atoms with E-state index in [1.807, 2.05) is 18.2 Å². The Balaban J connectivity index is 2.43. The second-order valence-corrected chi connectivity index (χ2v) is 5.14. The van der Waals surface area contributed by atoms with Crippen molar-refractivity contribution in [1.82, 2.24) is 0 Å². The van der Waals surface area contributed by atoms with Crippen LogP contribution in [0.5, 0.6) is 0 Å². The zero-order chi connectivity index (χ0) is 13.9. The molecule has 6 nitrogen and oxygen atoms in total. The normalized spacial score (nSPS) is 10.7. The van der Waals surface area contributed by atoms with Crippen molar-refractivity contribution in [2.75, 3.05) is 5.32 Å². The lowest BCUT2D eigenvalue weighted by molar-refractivity contribution is 0.483. The molecule has 0 saturated carbocycles. The number of hydrogen-bond acceptors (Lipinski definition) is 4. The molecule has 0 spiro atoms. The Bertz CT molecular complexity index is 737. The number of benzene rings is 2. The molecular formula is C12H10N3O3S+. The van der Waals surface area contributed by atoms with E-state index in [4.69, 9.17) is 9.95 Å². The Kier molecular flexibility index (Phi) is 3.46. The summed E-state index contributed by atoms with van der Waals surface area (Å²) in [6.45, 7) is 0. The Hall–Kier alpha value is -2.43. The van der Waals surface area contributed by atoms with Crippen LogP contribution in [0.15, 0.2) is 53.4 Å². The quantitative estimate of drug-likeness (QED) is 0.663. The van der Waals surface area contributed by atoms with E-state index < -0.39 is 15.0 Å². The van der Waals surface area contributed by atoms with Crippen LogP contribution in [0.4, 0.5) is 17.1 Å². The van der Waals surface area contributed by atoms with Gasteiger partial charge in [-0.15, -0.1) is 0 Å². The third-order valence-electron chi connectivity index (χ3n) is 2.41. The van der Waals surface area contributed by atoms with Crippen molar-refractivity contribution in [3.63, 3.8) is 0 Å². The van der Waals surface area contributed by atoms with Crippen LogP contribution in [0.2, 0.25) is 0 Å². The minimum Gasteiger partial charge on any atom is -0.355 e. The summed E-state index contributed by atoms with van der Waals surface area (Å²) in [5.74, 6) is 0. The number of rotatable bonds is 3. The lowest BCUT2D eigenvalue weighted by Crippen LogP contribution is -1.99. The van der Waals surface area contributed by atoms with E-state index in [9.17, 15) is 8.42 Å². The van der Waals surface area contributed by atoms with Crippen LogP contribution in [0, 0.1) is 5.39 Å². The predicted molar refractivity (Wildman–Crippen MR) is 70.7 cm³/mol. The van der Waals surface area contributed by atoms with Crippen LogP contribution in [0.1, 0.15) is 0 Å². The summed E-state index contributed by atoms with van der Waals surface area (Å²) in [6, 6.07) is 13.1. The first-order valence-electron chi connectivity index (χ1n) is 5.29. The molecule has 0 aliphatic rings. The second-order valence-electron chi connectivity index (χ2n) is 3.75. The Morgan fingerprint density at radius 2 is 1.74 bits per heavy atom. The van der Waals surface area contributed by atoms with Crippen molar-refractivity contribution in [1.29, 1.82) is 5.39 Å². The summed E-state index contributed by atoms with van der Waals surface area (Å²) in [5.41, 5.74) is 0.991. The molecule has 0 aliphatic carbocycles. The zero-order valence-corrected chi connectivity index (χ0v) is 10.5. The van der Waals surface area contributed by atoms with Crippen molar-refractivity contribution < 1.29 is 13.0 Å². The number of para-hydroxylation sites is 1. The van der Waals surface area contributed by atoms with Crippen molar-refractivity contribution in [2.45, 2.75) is 4.90 Å². The highest BCUT2D eigenvalue weighted by Gasteiger charge is 2.24. The van der Waals surface area contributed by atoms with Crippen molar-refractivity contribution in [3.05, 3.63) is 53.5 Å². The van der Waals surface area contributed by atoms with E-state index in [2.05, 4.69) is 10.3 Å². The average Bonchev–Trinajstić information content (AvgIpc) is 2.39. The van der Waals surface area contributed by atoms with Crippen molar-refractivity contribution in [2.24, 2.45) is 0 Å². The highest BCUT2D eigenvalue weighted by molar-refractivity contribution is 7.86. The fourth-order valence-corrected chi connectivity index (χ4v) is 2.22. The van der Waals surface area contributed by atoms with Gasteiger partial charge in [-0.2, -0.15) is 8.42 Å². The van der Waals surface area contributed by atoms with Gasteiger partial charge < -0.3 is 5.32 Å². The topological polar surface area (TPSA) is 94.5 Å². The highest BCUT2D eigenvalue weighted by atomic mass is 32.2. The molecule has 0 atom stereocenters. The van der Waals surface area contributed by atoms with E-state index in [0.29, 0.717) is 5.69 Å². The molecule has 19 heavy (non-hydrogen) atoms. The van der Waals surface area contributed by atoms with E-state index in [0.717, 1.165) is 5.69 Å². The molecule has 7 heteroatoms. The van der Waals surface area contributed by atoms with Gasteiger partial charge in [0.25, 0.3) is 0 Å². The van der Waals surface area contributed by atoms with Crippen LogP contribution < -0.4 is 5.32 Å². The standard InChI is InChI=1S/C12H9N3O3S/c13-15-11-7-6-10(8-12(11)19(16,17)18)14-9-4-2-1-3-5-9/h1-8,14H/p+1. The molecule has 2 aromatic carbocycles. The SMILES string of the molecule is N#[N+]c1ccc(Nc2ccccc2)cc1S(=O)(=O)O. The largest absolute Gasteiger partial charge is 0.406 e. The molecule has 0 fully saturated rings. The summed E-state index contributed by atoms with van der Waals surface area (Å²) in [7, 11) is -4.45. The van der Waals surface area contributed by atoms with Gasteiger partial charge in [-0.25, -0.2) is 0 Å². The van der Waals surface area contributed by atoms with Gasteiger partial charge in [0, 0.05) is 17.4 Å². The summed E-state index contributed by atoms with van der Waals surface area (Å²) >= 11 is 0. The molecule has 0 unspecified atom stereocenters. The maximum absolute atomic E-state index is 11.2. The smallest absolute Gasteiger partial charge is 0.355 e. The molecule has 0 heterocycles. The average molecular weight is 276 g/mol. The first kappa shape index (κ1) is 13.0. The Morgan fingerprint density at radius 3 is 2.32 bits per heavy atom. The van der Waals surface area contributed by atoms with Gasteiger partial charge in [0.2, 0.25) is 5.39 Å². The number of diazo groups is 1. The fourth-order valence-electron chi connectivity index (χ4n) is 1.57. The molecule has 0 aliphatic heterocycles. The van der Waals surface area contributed by atoms with Crippen LogP contribution >= 0.6 is 0 Å². The first-order chi connectivity index (χ1) is 9.00. The van der Waals surface area contributed by atoms with E-state index in [1.165, 1.54) is 18.2 Å². The molecule has 2 rings (SSSR count). The van der Waals surface area contributed by atoms with Gasteiger partial charge in [-0.05, 0) is 24.3 Å². The highest BCUT2D eigenvalue weighted by Crippen LogP contribution is 2.28. The summed E-state index contributed by atoms with van der Waals surface area (Å²) in [6.07, 6.45) is 0. The Labute approximate surface area is 110 Å². The second kappa shape index (κ2) is 5.06. The number of anilines is 2. The molecular weight excluding hydrogens is 266 g/mol. The molecule has 0 amide bonds. The molecule has 0 bridgehead atoms. The minimum atomic E-state index is -4.45. The van der Waals surface area contributed by atoms with E-state index in [-0.39, 0.29) is 5.69 Å². The van der Waals surface area contributed by atoms with Gasteiger partial charge in [0.15, 0.2) is 9.87 Å². The van der Waals surface area contributed by atoms with Gasteiger partial charge >= 0.3 is 15.8 Å². The molecule has 0 aromatic heterocycles. The van der Waals surface area contributed by atoms with Crippen LogP contribution in [0.3, 0.4) is 0 Å². The molecule has 0 saturated heterocycles. The van der Waals surface area contributed by atoms with Crippen molar-refractivity contribution >= 4 is 27.2 Å². The van der Waals surface area contributed by atoms with Crippen LogP contribution in [-0.4, -0.2) is 13.0 Å². The lowest BCUT2D eigenvalue weighted by atomic mass is 10.2. The first-order valence-corrected chi connectivity index (χ1v) is 6.73. The van der Waals surface area contributed by atoms with Crippen LogP contribution in [0.25, 0.3) is 4.98 Å². The molecule has 2 N–H and O–H groups in total. The van der Waals surface area contributed by atoms with Gasteiger partial charge in [0.05, 0.1) is 0 Å². The number of nitrogens with one attached hydrogen (secondary N) is 1. The summed E-state index contributed by atoms with van der Waals surface area (Å²) in [5, 5.41) is 11.7. The van der Waals surface area contributed by atoms with Gasteiger partial charge in [-0.3, -0.25) is 4.55 Å². The Morgan fingerprint density at radius 1 is 1.05 bits per heavy atom. The summed E-state index contributed by atoms with van der Waals surface area (Å²) < 4.78 is 31.4. The predicted octanol–water partition coefficient (Wildman–Crippen LogP) is 3.16. The third-order valence-corrected chi connectivity index (χ3v) is 3.29. The fraction of sp³-hybridized carbons (Fsp3) is 0. The van der Waals surface area contributed by atoms with Crippen molar-refractivity contribution in [3.8, 4) is 0 Å². The van der Waals surface area contributed by atoms with Gasteiger partial charge in [-0.1, -0.05) is 18.2 Å². The minimum absolute atomic E-state index is 0.221. The number of nitrogens with zero attached hydrogens (tertiary/aromatic N) is 2. The molecule has 2 aromatic rings. The maximum Gasteiger partial charge on any atom is 0.406 e. The van der Waals surface area contributed by atoms with Crippen LogP contribution in [-0.2, 0) is 10.1 Å². The van der Waals surface area contributed by atoms with E-state index in [1.54, 1.807) is 12.1 Å².